The molecular weight excluding hydrogens is 416 g/mol. The summed E-state index contributed by atoms with van der Waals surface area (Å²) in [6.07, 6.45) is 7.22. The molecule has 8 nitrogen and oxygen atoms in total. The standard InChI is InChI=1S/C22H27ClN6O2/c1-15-20(21(24-3)29-22(23)28-15)25-10-6-4-5-7-11-30-16(2)26-13-17-8-9-18-19(12-17)31-14-27-18/h8-10,12,14,26H,2,4-7,11,13H2,1,3H3,(H,24,28,29)/b25-10-. The Kier molecular flexibility index (Phi) is 8.23. The lowest BCUT2D eigenvalue weighted by Gasteiger charge is -2.11. The van der Waals surface area contributed by atoms with E-state index >= 15 is 0 Å². The Morgan fingerprint density at radius 1 is 1.29 bits per heavy atom. The number of anilines is 1. The number of fused-ring (bicyclic) bond motifs is 1. The Labute approximate surface area is 186 Å². The topological polar surface area (TPSA) is 97.5 Å². The number of oxazole rings is 1. The summed E-state index contributed by atoms with van der Waals surface area (Å²) in [6, 6.07) is 5.90. The van der Waals surface area contributed by atoms with Crippen LogP contribution in [0.1, 0.15) is 36.9 Å². The largest absolute Gasteiger partial charge is 0.480 e. The quantitative estimate of drug-likeness (QED) is 0.173. The number of halogens is 1. The molecule has 0 fully saturated rings. The minimum absolute atomic E-state index is 0.216. The Morgan fingerprint density at radius 2 is 2.16 bits per heavy atom. The molecule has 9 heteroatoms. The molecule has 0 unspecified atom stereocenters. The molecule has 0 bridgehead atoms. The van der Waals surface area contributed by atoms with Crippen molar-refractivity contribution in [2.75, 3.05) is 19.0 Å². The van der Waals surface area contributed by atoms with Gasteiger partial charge in [0.05, 0.1) is 12.3 Å². The number of aliphatic imine (C=N–C) groups is 1. The van der Waals surface area contributed by atoms with Crippen molar-refractivity contribution < 1.29 is 9.15 Å². The first-order valence-electron chi connectivity index (χ1n) is 10.2. The second-order valence-corrected chi connectivity index (χ2v) is 7.30. The van der Waals surface area contributed by atoms with Crippen molar-refractivity contribution in [1.29, 1.82) is 0 Å². The van der Waals surface area contributed by atoms with Gasteiger partial charge in [0.25, 0.3) is 0 Å². The molecule has 0 atom stereocenters. The second kappa shape index (κ2) is 11.3. The SMILES string of the molecule is C=C(NCc1ccc2ncoc2c1)OCCCCC/C=N\c1c(C)nc(Cl)nc1NC. The molecule has 0 spiro atoms. The van der Waals surface area contributed by atoms with Gasteiger partial charge >= 0.3 is 0 Å². The Morgan fingerprint density at radius 3 is 3.00 bits per heavy atom. The van der Waals surface area contributed by atoms with E-state index in [1.165, 1.54) is 6.39 Å². The lowest BCUT2D eigenvalue weighted by atomic mass is 10.2. The number of nitrogens with zero attached hydrogens (tertiary/aromatic N) is 4. The molecule has 0 radical (unpaired) electrons. The number of aromatic nitrogens is 3. The maximum absolute atomic E-state index is 5.88. The number of hydrogen-bond acceptors (Lipinski definition) is 8. The second-order valence-electron chi connectivity index (χ2n) is 6.97. The first-order valence-corrected chi connectivity index (χ1v) is 10.6. The summed E-state index contributed by atoms with van der Waals surface area (Å²) in [7, 11) is 1.79. The molecule has 0 aliphatic heterocycles. The van der Waals surface area contributed by atoms with Gasteiger partial charge in [-0.15, -0.1) is 0 Å². The van der Waals surface area contributed by atoms with E-state index in [0.717, 1.165) is 53.7 Å². The third-order valence-electron chi connectivity index (χ3n) is 4.63. The van der Waals surface area contributed by atoms with E-state index in [9.17, 15) is 0 Å². The third-order valence-corrected chi connectivity index (χ3v) is 4.80. The van der Waals surface area contributed by atoms with E-state index in [1.54, 1.807) is 7.05 Å². The predicted molar refractivity (Wildman–Crippen MR) is 124 cm³/mol. The van der Waals surface area contributed by atoms with Crippen LogP contribution in [0, 0.1) is 6.92 Å². The molecule has 0 saturated heterocycles. The molecule has 2 heterocycles. The number of hydrogen-bond donors (Lipinski definition) is 2. The van der Waals surface area contributed by atoms with E-state index in [2.05, 4.69) is 37.2 Å². The fourth-order valence-electron chi connectivity index (χ4n) is 2.99. The first-order chi connectivity index (χ1) is 15.1. The molecule has 2 aromatic heterocycles. The van der Waals surface area contributed by atoms with Gasteiger partial charge in [-0.1, -0.05) is 6.07 Å². The molecule has 0 aliphatic rings. The van der Waals surface area contributed by atoms with Crippen molar-refractivity contribution in [2.45, 2.75) is 39.2 Å². The van der Waals surface area contributed by atoms with E-state index in [0.29, 0.717) is 24.9 Å². The van der Waals surface area contributed by atoms with Crippen LogP contribution < -0.4 is 10.6 Å². The predicted octanol–water partition coefficient (Wildman–Crippen LogP) is 5.16. The van der Waals surface area contributed by atoms with E-state index in [4.69, 9.17) is 20.8 Å². The molecule has 1 aromatic carbocycles. The van der Waals surface area contributed by atoms with Crippen molar-refractivity contribution in [2.24, 2.45) is 4.99 Å². The molecule has 0 saturated carbocycles. The minimum Gasteiger partial charge on any atom is -0.480 e. The van der Waals surface area contributed by atoms with Crippen molar-refractivity contribution in [3.05, 3.63) is 53.6 Å². The summed E-state index contributed by atoms with van der Waals surface area (Å²) in [5.41, 5.74) is 4.18. The van der Waals surface area contributed by atoms with Gasteiger partial charge < -0.3 is 19.8 Å². The summed E-state index contributed by atoms with van der Waals surface area (Å²) in [5.74, 6) is 1.20. The van der Waals surface area contributed by atoms with Crippen LogP contribution in [0.5, 0.6) is 0 Å². The number of nitrogens with one attached hydrogen (secondary N) is 2. The number of rotatable bonds is 12. The zero-order valence-corrected chi connectivity index (χ0v) is 18.6. The Balaban J connectivity index is 1.29. The van der Waals surface area contributed by atoms with Crippen LogP contribution in [-0.2, 0) is 11.3 Å². The molecule has 0 aliphatic carbocycles. The lowest BCUT2D eigenvalue weighted by Crippen LogP contribution is -2.14. The highest BCUT2D eigenvalue weighted by Gasteiger charge is 2.08. The van der Waals surface area contributed by atoms with Gasteiger partial charge in [-0.25, -0.2) is 9.97 Å². The van der Waals surface area contributed by atoms with Crippen molar-refractivity contribution in [3.63, 3.8) is 0 Å². The summed E-state index contributed by atoms with van der Waals surface area (Å²) in [6.45, 7) is 7.03. The summed E-state index contributed by atoms with van der Waals surface area (Å²) in [5, 5.41) is 6.39. The van der Waals surface area contributed by atoms with Crippen LogP contribution in [0.3, 0.4) is 0 Å². The van der Waals surface area contributed by atoms with Crippen LogP contribution in [-0.4, -0.2) is 34.8 Å². The minimum atomic E-state index is 0.216. The smallest absolute Gasteiger partial charge is 0.224 e. The van der Waals surface area contributed by atoms with Crippen LogP contribution >= 0.6 is 11.6 Å². The number of ether oxygens (including phenoxy) is 1. The van der Waals surface area contributed by atoms with Crippen LogP contribution in [0.15, 0.2) is 46.5 Å². The molecule has 3 aromatic rings. The molecule has 3 rings (SSSR count). The maximum Gasteiger partial charge on any atom is 0.224 e. The van der Waals surface area contributed by atoms with Crippen LogP contribution in [0.25, 0.3) is 11.1 Å². The average molecular weight is 443 g/mol. The van der Waals surface area contributed by atoms with Gasteiger partial charge in [0, 0.05) is 19.8 Å². The van der Waals surface area contributed by atoms with Crippen LogP contribution in [0.4, 0.5) is 11.5 Å². The fourth-order valence-corrected chi connectivity index (χ4v) is 3.20. The normalized spacial score (nSPS) is 11.2. The Bertz CT molecular complexity index is 1050. The average Bonchev–Trinajstić information content (AvgIpc) is 3.22. The number of aryl methyl sites for hydroxylation is 1. The third kappa shape index (κ3) is 6.68. The molecule has 31 heavy (non-hydrogen) atoms. The first kappa shape index (κ1) is 22.6. The molecule has 164 valence electrons. The monoisotopic (exact) mass is 442 g/mol. The highest BCUT2D eigenvalue weighted by Crippen LogP contribution is 2.26. The van der Waals surface area contributed by atoms with Crippen molar-refractivity contribution in [3.8, 4) is 0 Å². The molecule has 2 N–H and O–H groups in total. The Hall–Kier alpha value is -3.13. The number of unbranched alkanes of at least 4 members (excludes halogenated alkanes) is 3. The lowest BCUT2D eigenvalue weighted by molar-refractivity contribution is 0.185. The molecular formula is C22H27ClN6O2. The van der Waals surface area contributed by atoms with Gasteiger partial charge in [-0.3, -0.25) is 4.99 Å². The zero-order valence-electron chi connectivity index (χ0n) is 17.8. The summed E-state index contributed by atoms with van der Waals surface area (Å²) < 4.78 is 11.0. The molecule has 0 amide bonds. The maximum atomic E-state index is 5.88. The van der Waals surface area contributed by atoms with E-state index in [-0.39, 0.29) is 5.28 Å². The van der Waals surface area contributed by atoms with Gasteiger partial charge in [-0.05, 0) is 68.5 Å². The van der Waals surface area contributed by atoms with Gasteiger partial charge in [0.2, 0.25) is 5.28 Å². The van der Waals surface area contributed by atoms with Crippen LogP contribution in [0.2, 0.25) is 5.28 Å². The van der Waals surface area contributed by atoms with E-state index in [1.807, 2.05) is 31.3 Å². The van der Waals surface area contributed by atoms with Crippen molar-refractivity contribution in [1.82, 2.24) is 20.3 Å². The van der Waals surface area contributed by atoms with Crippen molar-refractivity contribution >= 4 is 40.4 Å². The summed E-state index contributed by atoms with van der Waals surface area (Å²) >= 11 is 5.88. The van der Waals surface area contributed by atoms with E-state index < -0.39 is 0 Å². The number of benzene rings is 1. The fraction of sp³-hybridized carbons (Fsp3) is 0.364. The highest BCUT2D eigenvalue weighted by atomic mass is 35.5. The highest BCUT2D eigenvalue weighted by molar-refractivity contribution is 6.28. The van der Waals surface area contributed by atoms with Gasteiger partial charge in [0.1, 0.15) is 11.2 Å². The van der Waals surface area contributed by atoms with Gasteiger partial charge in [0.15, 0.2) is 23.7 Å². The zero-order chi connectivity index (χ0) is 22.1. The summed E-state index contributed by atoms with van der Waals surface area (Å²) in [4.78, 5) is 16.9. The van der Waals surface area contributed by atoms with Gasteiger partial charge in [-0.2, -0.15) is 4.98 Å².